The molecule has 17 heavy (non-hydrogen) atoms. The summed E-state index contributed by atoms with van der Waals surface area (Å²) >= 11 is 0. The first-order valence-electron chi connectivity index (χ1n) is 5.44. The first-order chi connectivity index (χ1) is 8.38. The molecule has 0 atom stereocenters. The summed E-state index contributed by atoms with van der Waals surface area (Å²) in [4.78, 5) is 0. The maximum absolute atomic E-state index is 9.12. The molecule has 2 aromatic rings. The van der Waals surface area contributed by atoms with Crippen LogP contribution in [0.15, 0.2) is 53.7 Å². The quantitative estimate of drug-likeness (QED) is 0.552. The summed E-state index contributed by atoms with van der Waals surface area (Å²) < 4.78 is 5.84. The highest BCUT2D eigenvalue weighted by molar-refractivity contribution is 6.04. The van der Waals surface area contributed by atoms with Crippen LogP contribution in [0.3, 0.4) is 0 Å². The third-order valence-corrected chi connectivity index (χ3v) is 2.87. The van der Waals surface area contributed by atoms with Crippen LogP contribution in [0.25, 0.3) is 0 Å². The minimum Gasteiger partial charge on any atom is -0.456 e. The standard InChI is InChI=1S/C14H11NO2/c16-15-12-9-10-5-1-3-7-13(10)17-14-8-4-2-6-11(12)14/h1-8,16H,9H2/b15-12-. The Hall–Kier alpha value is -2.29. The van der Waals surface area contributed by atoms with E-state index in [4.69, 9.17) is 9.94 Å². The number of oxime groups is 1. The van der Waals surface area contributed by atoms with Gasteiger partial charge in [-0.25, -0.2) is 0 Å². The highest BCUT2D eigenvalue weighted by atomic mass is 16.5. The van der Waals surface area contributed by atoms with Crippen LogP contribution in [0.4, 0.5) is 0 Å². The lowest BCUT2D eigenvalue weighted by Gasteiger charge is -2.07. The molecule has 1 heterocycles. The molecule has 1 aliphatic heterocycles. The Labute approximate surface area is 99.0 Å². The predicted octanol–water partition coefficient (Wildman–Crippen LogP) is 3.21. The molecule has 0 saturated heterocycles. The van der Waals surface area contributed by atoms with E-state index in [1.807, 2.05) is 48.5 Å². The highest BCUT2D eigenvalue weighted by Crippen LogP contribution is 2.33. The van der Waals surface area contributed by atoms with E-state index in [9.17, 15) is 0 Å². The third kappa shape index (κ3) is 1.65. The summed E-state index contributed by atoms with van der Waals surface area (Å²) in [5.41, 5.74) is 2.49. The van der Waals surface area contributed by atoms with Gasteiger partial charge in [-0.15, -0.1) is 0 Å². The van der Waals surface area contributed by atoms with Crippen LogP contribution in [0, 0.1) is 0 Å². The molecular formula is C14H11NO2. The Balaban J connectivity index is 2.20. The van der Waals surface area contributed by atoms with E-state index in [-0.39, 0.29) is 0 Å². The van der Waals surface area contributed by atoms with Crippen LogP contribution >= 0.6 is 0 Å². The Kier molecular flexibility index (Phi) is 2.29. The monoisotopic (exact) mass is 225 g/mol. The van der Waals surface area contributed by atoms with E-state index in [0.29, 0.717) is 12.1 Å². The van der Waals surface area contributed by atoms with Gasteiger partial charge in [0, 0.05) is 17.5 Å². The highest BCUT2D eigenvalue weighted by Gasteiger charge is 2.19. The molecule has 0 fully saturated rings. The molecule has 0 aromatic heterocycles. The van der Waals surface area contributed by atoms with Gasteiger partial charge in [0.25, 0.3) is 0 Å². The fourth-order valence-electron chi connectivity index (χ4n) is 2.03. The van der Waals surface area contributed by atoms with E-state index < -0.39 is 0 Å². The lowest BCUT2D eigenvalue weighted by atomic mass is 10.0. The molecule has 1 N–H and O–H groups in total. The number of ether oxygens (including phenoxy) is 1. The molecule has 1 aliphatic rings. The van der Waals surface area contributed by atoms with Crippen LogP contribution in [0.1, 0.15) is 11.1 Å². The first-order valence-corrected chi connectivity index (χ1v) is 5.44. The molecule has 0 spiro atoms. The molecule has 0 unspecified atom stereocenters. The van der Waals surface area contributed by atoms with Gasteiger partial charge in [-0.3, -0.25) is 0 Å². The zero-order valence-electron chi connectivity index (χ0n) is 9.13. The minimum atomic E-state index is 0.573. The molecular weight excluding hydrogens is 214 g/mol. The maximum Gasteiger partial charge on any atom is 0.136 e. The van der Waals surface area contributed by atoms with E-state index >= 15 is 0 Å². The van der Waals surface area contributed by atoms with Gasteiger partial charge in [-0.2, -0.15) is 0 Å². The molecule has 3 nitrogen and oxygen atoms in total. The Morgan fingerprint density at radius 1 is 0.941 bits per heavy atom. The number of nitrogens with zero attached hydrogens (tertiary/aromatic N) is 1. The Morgan fingerprint density at radius 3 is 2.47 bits per heavy atom. The number of hydrogen-bond donors (Lipinski definition) is 1. The van der Waals surface area contributed by atoms with Crippen LogP contribution < -0.4 is 4.74 Å². The summed E-state index contributed by atoms with van der Waals surface area (Å²) in [6.07, 6.45) is 0.573. The molecule has 0 radical (unpaired) electrons. The van der Waals surface area contributed by atoms with Crippen LogP contribution in [0.2, 0.25) is 0 Å². The van der Waals surface area contributed by atoms with E-state index in [2.05, 4.69) is 5.16 Å². The van der Waals surface area contributed by atoms with Gasteiger partial charge in [0.15, 0.2) is 0 Å². The van der Waals surface area contributed by atoms with Crippen LogP contribution in [0.5, 0.6) is 11.5 Å². The van der Waals surface area contributed by atoms with Crippen molar-refractivity contribution < 1.29 is 9.94 Å². The number of para-hydroxylation sites is 2. The second-order valence-corrected chi connectivity index (χ2v) is 3.93. The van der Waals surface area contributed by atoms with Crippen molar-refractivity contribution in [1.82, 2.24) is 0 Å². The second-order valence-electron chi connectivity index (χ2n) is 3.93. The van der Waals surface area contributed by atoms with Gasteiger partial charge >= 0.3 is 0 Å². The summed E-state index contributed by atoms with van der Waals surface area (Å²) in [6, 6.07) is 15.4. The van der Waals surface area contributed by atoms with Crippen molar-refractivity contribution in [2.24, 2.45) is 5.16 Å². The predicted molar refractivity (Wildman–Crippen MR) is 65.0 cm³/mol. The van der Waals surface area contributed by atoms with E-state index in [1.54, 1.807) is 0 Å². The molecule has 3 rings (SSSR count). The van der Waals surface area contributed by atoms with Crippen LogP contribution in [-0.4, -0.2) is 10.9 Å². The fourth-order valence-corrected chi connectivity index (χ4v) is 2.03. The third-order valence-electron chi connectivity index (χ3n) is 2.87. The molecule has 3 heteroatoms. The lowest BCUT2D eigenvalue weighted by molar-refractivity contribution is 0.318. The zero-order chi connectivity index (χ0) is 11.7. The number of benzene rings is 2. The topological polar surface area (TPSA) is 41.8 Å². The Bertz CT molecular complexity index is 590. The van der Waals surface area contributed by atoms with Gasteiger partial charge in [-0.1, -0.05) is 35.5 Å². The average Bonchev–Trinajstić information content (AvgIpc) is 2.54. The maximum atomic E-state index is 9.12. The van der Waals surface area contributed by atoms with Gasteiger partial charge in [0.1, 0.15) is 11.5 Å². The molecule has 0 bridgehead atoms. The van der Waals surface area contributed by atoms with Gasteiger partial charge in [-0.05, 0) is 18.2 Å². The lowest BCUT2D eigenvalue weighted by Crippen LogP contribution is -2.03. The SMILES string of the molecule is O/N=C1/Cc2ccccc2Oc2ccccc21. The normalized spacial score (nSPS) is 15.6. The fraction of sp³-hybridized carbons (Fsp3) is 0.0714. The van der Waals surface area contributed by atoms with E-state index in [1.165, 1.54) is 0 Å². The largest absolute Gasteiger partial charge is 0.456 e. The Morgan fingerprint density at radius 2 is 1.65 bits per heavy atom. The van der Waals surface area contributed by atoms with Gasteiger partial charge < -0.3 is 9.94 Å². The number of rotatable bonds is 0. The van der Waals surface area contributed by atoms with Crippen molar-refractivity contribution in [2.75, 3.05) is 0 Å². The molecule has 84 valence electrons. The molecule has 0 amide bonds. The first kappa shape index (κ1) is 9.90. The van der Waals surface area contributed by atoms with Crippen molar-refractivity contribution in [3.63, 3.8) is 0 Å². The average molecular weight is 225 g/mol. The van der Waals surface area contributed by atoms with Crippen molar-refractivity contribution >= 4 is 5.71 Å². The molecule has 0 saturated carbocycles. The van der Waals surface area contributed by atoms with Crippen molar-refractivity contribution in [3.8, 4) is 11.5 Å². The summed E-state index contributed by atoms with van der Waals surface area (Å²) in [6.45, 7) is 0. The minimum absolute atomic E-state index is 0.573. The van der Waals surface area contributed by atoms with Gasteiger partial charge in [0.05, 0.1) is 5.71 Å². The van der Waals surface area contributed by atoms with Crippen molar-refractivity contribution in [3.05, 3.63) is 59.7 Å². The summed E-state index contributed by atoms with van der Waals surface area (Å²) in [5.74, 6) is 1.55. The van der Waals surface area contributed by atoms with Crippen molar-refractivity contribution in [1.29, 1.82) is 0 Å². The zero-order valence-corrected chi connectivity index (χ0v) is 9.13. The molecule has 0 aliphatic carbocycles. The van der Waals surface area contributed by atoms with Crippen LogP contribution in [-0.2, 0) is 6.42 Å². The summed E-state index contributed by atoms with van der Waals surface area (Å²) in [5, 5.41) is 12.5. The summed E-state index contributed by atoms with van der Waals surface area (Å²) in [7, 11) is 0. The molecule has 2 aromatic carbocycles. The van der Waals surface area contributed by atoms with Gasteiger partial charge in [0.2, 0.25) is 0 Å². The second kappa shape index (κ2) is 3.94. The van der Waals surface area contributed by atoms with E-state index in [0.717, 1.165) is 22.6 Å². The van der Waals surface area contributed by atoms with Crippen molar-refractivity contribution in [2.45, 2.75) is 6.42 Å². The number of hydrogen-bond acceptors (Lipinski definition) is 3. The smallest absolute Gasteiger partial charge is 0.136 e. The number of fused-ring (bicyclic) bond motifs is 2.